The number of carbonyl (C=O) groups excluding carboxylic acids is 1. The second kappa shape index (κ2) is 8.13. The summed E-state index contributed by atoms with van der Waals surface area (Å²) in [5, 5.41) is 24.0. The average molecular weight is 399 g/mol. The van der Waals surface area contributed by atoms with Crippen molar-refractivity contribution >= 4 is 40.3 Å². The first kappa shape index (κ1) is 19.4. The lowest BCUT2D eigenvalue weighted by Crippen LogP contribution is -2.19. The molecule has 0 aromatic heterocycles. The Morgan fingerprint density at radius 3 is 2.64 bits per heavy atom. The predicted molar refractivity (Wildman–Crippen MR) is 108 cm³/mol. The molecule has 1 saturated heterocycles. The molecular formula is C19H17N3O5S. The first-order valence-electron chi connectivity index (χ1n) is 8.35. The van der Waals surface area contributed by atoms with Gasteiger partial charge in [0.25, 0.3) is 5.91 Å². The van der Waals surface area contributed by atoms with Crippen LogP contribution in [0.25, 0.3) is 6.08 Å². The van der Waals surface area contributed by atoms with Crippen molar-refractivity contribution in [3.05, 3.63) is 62.5 Å². The number of phenols is 1. The number of nitro groups is 1. The molecule has 0 aliphatic carbocycles. The molecule has 0 atom stereocenters. The second-order valence-electron chi connectivity index (χ2n) is 5.85. The minimum atomic E-state index is -0.714. The van der Waals surface area contributed by atoms with Crippen LogP contribution in [0, 0.1) is 10.1 Å². The van der Waals surface area contributed by atoms with Crippen molar-refractivity contribution in [1.82, 2.24) is 5.32 Å². The highest BCUT2D eigenvalue weighted by molar-refractivity contribution is 8.18. The molecule has 2 aromatic carbocycles. The fourth-order valence-corrected chi connectivity index (χ4v) is 3.39. The minimum absolute atomic E-state index is 0.0469. The van der Waals surface area contributed by atoms with Crippen molar-refractivity contribution in [2.45, 2.75) is 13.3 Å². The van der Waals surface area contributed by atoms with Crippen LogP contribution in [0.15, 0.2) is 46.3 Å². The summed E-state index contributed by atoms with van der Waals surface area (Å²) < 4.78 is 4.97. The molecule has 0 saturated carbocycles. The normalized spacial score (nSPS) is 16.4. The zero-order valence-corrected chi connectivity index (χ0v) is 15.9. The molecule has 0 unspecified atom stereocenters. The Balaban J connectivity index is 1.89. The molecule has 1 aliphatic rings. The summed E-state index contributed by atoms with van der Waals surface area (Å²) in [6.45, 7) is 2.06. The standard InChI is InChI=1S/C19H17N3O5S/c1-3-11-4-6-13(7-5-11)20-19-21-18(24)16(28-19)10-12-8-14(22(25)26)17(23)15(9-12)27-2/h4-10,23H,3H2,1-2H3,(H,20,21,24)/b16-10+. The van der Waals surface area contributed by atoms with E-state index in [0.717, 1.165) is 18.2 Å². The van der Waals surface area contributed by atoms with E-state index in [-0.39, 0.29) is 11.7 Å². The Morgan fingerprint density at radius 1 is 1.32 bits per heavy atom. The van der Waals surface area contributed by atoms with E-state index in [1.807, 2.05) is 24.3 Å². The molecule has 1 amide bonds. The van der Waals surface area contributed by atoms with E-state index in [1.54, 1.807) is 0 Å². The molecule has 144 valence electrons. The number of nitrogens with zero attached hydrogens (tertiary/aromatic N) is 2. The molecule has 2 aromatic rings. The summed E-state index contributed by atoms with van der Waals surface area (Å²) in [5.74, 6) is -0.964. The van der Waals surface area contributed by atoms with Gasteiger partial charge in [0.2, 0.25) is 5.75 Å². The van der Waals surface area contributed by atoms with Crippen molar-refractivity contribution in [1.29, 1.82) is 0 Å². The van der Waals surface area contributed by atoms with Crippen molar-refractivity contribution in [2.24, 2.45) is 4.99 Å². The van der Waals surface area contributed by atoms with Crippen molar-refractivity contribution in [3.8, 4) is 11.5 Å². The summed E-state index contributed by atoms with van der Waals surface area (Å²) in [5.41, 5.74) is 1.76. The van der Waals surface area contributed by atoms with Gasteiger partial charge in [-0.05, 0) is 53.6 Å². The monoisotopic (exact) mass is 399 g/mol. The van der Waals surface area contributed by atoms with E-state index in [0.29, 0.717) is 21.3 Å². The maximum atomic E-state index is 12.2. The van der Waals surface area contributed by atoms with Gasteiger partial charge in [-0.15, -0.1) is 0 Å². The summed E-state index contributed by atoms with van der Waals surface area (Å²) in [7, 11) is 1.29. The minimum Gasteiger partial charge on any atom is -0.500 e. The Hall–Kier alpha value is -3.33. The molecule has 0 radical (unpaired) electrons. The lowest BCUT2D eigenvalue weighted by atomic mass is 10.1. The number of phenolic OH excluding ortho intramolecular Hbond substituents is 1. The molecule has 1 fully saturated rings. The van der Waals surface area contributed by atoms with Gasteiger partial charge in [-0.25, -0.2) is 4.99 Å². The quantitative estimate of drug-likeness (QED) is 0.449. The number of nitrogens with one attached hydrogen (secondary N) is 1. The number of hydrogen-bond acceptors (Lipinski definition) is 7. The van der Waals surface area contributed by atoms with Crippen molar-refractivity contribution in [3.63, 3.8) is 0 Å². The number of ether oxygens (including phenoxy) is 1. The Bertz CT molecular complexity index is 999. The molecule has 8 nitrogen and oxygen atoms in total. The number of aromatic hydroxyl groups is 1. The van der Waals surface area contributed by atoms with Gasteiger partial charge in [-0.2, -0.15) is 0 Å². The third kappa shape index (κ3) is 4.15. The predicted octanol–water partition coefficient (Wildman–Crippen LogP) is 3.76. The van der Waals surface area contributed by atoms with E-state index in [9.17, 15) is 20.0 Å². The number of benzene rings is 2. The Morgan fingerprint density at radius 2 is 2.04 bits per heavy atom. The molecular weight excluding hydrogens is 382 g/mol. The van der Waals surface area contributed by atoms with E-state index in [4.69, 9.17) is 4.74 Å². The number of aliphatic imine (C=N–C) groups is 1. The van der Waals surface area contributed by atoms with Crippen LogP contribution in [0.1, 0.15) is 18.1 Å². The molecule has 9 heteroatoms. The van der Waals surface area contributed by atoms with Gasteiger partial charge in [-0.1, -0.05) is 19.1 Å². The number of amidine groups is 1. The van der Waals surface area contributed by atoms with Gasteiger partial charge in [0.1, 0.15) is 0 Å². The van der Waals surface area contributed by atoms with Crippen molar-refractivity contribution < 1.29 is 19.6 Å². The largest absolute Gasteiger partial charge is 0.500 e. The fraction of sp³-hybridized carbons (Fsp3) is 0.158. The SMILES string of the molecule is CCc1ccc(N=C2NC(=O)/C(=C\c3cc(OC)c(O)c([N+](=O)[O-])c3)S2)cc1. The Labute approximate surface area is 165 Å². The maximum Gasteiger partial charge on any atom is 0.315 e. The summed E-state index contributed by atoms with van der Waals surface area (Å²) in [6.07, 6.45) is 2.41. The lowest BCUT2D eigenvalue weighted by Gasteiger charge is -2.05. The average Bonchev–Trinajstić information content (AvgIpc) is 3.02. The van der Waals surface area contributed by atoms with Gasteiger partial charge in [0.15, 0.2) is 10.9 Å². The summed E-state index contributed by atoms with van der Waals surface area (Å²) >= 11 is 1.13. The van der Waals surface area contributed by atoms with Crippen LogP contribution in [0.2, 0.25) is 0 Å². The lowest BCUT2D eigenvalue weighted by molar-refractivity contribution is -0.386. The molecule has 28 heavy (non-hydrogen) atoms. The number of carbonyl (C=O) groups is 1. The van der Waals surface area contributed by atoms with Gasteiger partial charge >= 0.3 is 5.69 Å². The van der Waals surface area contributed by atoms with Crippen LogP contribution >= 0.6 is 11.8 Å². The van der Waals surface area contributed by atoms with Crippen LogP contribution in [0.5, 0.6) is 11.5 Å². The summed E-state index contributed by atoms with van der Waals surface area (Å²) in [4.78, 5) is 27.3. The number of nitro benzene ring substituents is 1. The topological polar surface area (TPSA) is 114 Å². The van der Waals surface area contributed by atoms with Crippen LogP contribution in [0.3, 0.4) is 0 Å². The first-order valence-corrected chi connectivity index (χ1v) is 9.16. The number of methoxy groups -OCH3 is 1. The second-order valence-corrected chi connectivity index (χ2v) is 6.88. The number of thioether (sulfide) groups is 1. The fourth-order valence-electron chi connectivity index (χ4n) is 2.55. The zero-order chi connectivity index (χ0) is 20.3. The van der Waals surface area contributed by atoms with Crippen LogP contribution in [0.4, 0.5) is 11.4 Å². The molecule has 2 N–H and O–H groups in total. The summed E-state index contributed by atoms with van der Waals surface area (Å²) in [6, 6.07) is 10.3. The van der Waals surface area contributed by atoms with Crippen LogP contribution in [-0.4, -0.2) is 28.2 Å². The molecule has 0 bridgehead atoms. The third-order valence-corrected chi connectivity index (χ3v) is 4.93. The van der Waals surface area contributed by atoms with Crippen LogP contribution < -0.4 is 10.1 Å². The van der Waals surface area contributed by atoms with E-state index >= 15 is 0 Å². The molecule has 3 rings (SSSR count). The van der Waals surface area contributed by atoms with E-state index < -0.39 is 16.4 Å². The van der Waals surface area contributed by atoms with Gasteiger partial charge in [0, 0.05) is 6.07 Å². The number of amides is 1. The van der Waals surface area contributed by atoms with E-state index in [1.165, 1.54) is 30.9 Å². The number of aryl methyl sites for hydroxylation is 1. The Kier molecular flexibility index (Phi) is 5.65. The number of rotatable bonds is 5. The highest BCUT2D eigenvalue weighted by atomic mass is 32.2. The van der Waals surface area contributed by atoms with Gasteiger partial charge in [0.05, 0.1) is 22.6 Å². The molecule has 1 heterocycles. The van der Waals surface area contributed by atoms with Crippen LogP contribution in [-0.2, 0) is 11.2 Å². The zero-order valence-electron chi connectivity index (χ0n) is 15.1. The third-order valence-electron chi connectivity index (χ3n) is 4.02. The smallest absolute Gasteiger partial charge is 0.315 e. The number of hydrogen-bond donors (Lipinski definition) is 2. The molecule has 0 spiro atoms. The first-order chi connectivity index (χ1) is 13.4. The molecule has 1 aliphatic heterocycles. The maximum absolute atomic E-state index is 12.2. The van der Waals surface area contributed by atoms with Gasteiger partial charge < -0.3 is 15.2 Å². The van der Waals surface area contributed by atoms with Gasteiger partial charge in [-0.3, -0.25) is 14.9 Å². The highest BCUT2D eigenvalue weighted by Gasteiger charge is 2.25. The van der Waals surface area contributed by atoms with E-state index in [2.05, 4.69) is 17.2 Å². The van der Waals surface area contributed by atoms with Crippen molar-refractivity contribution in [2.75, 3.05) is 7.11 Å². The highest BCUT2D eigenvalue weighted by Crippen LogP contribution is 2.38.